The Morgan fingerprint density at radius 2 is 1.38 bits per heavy atom. The third-order valence-electron chi connectivity index (χ3n) is 4.17. The van der Waals surface area contributed by atoms with Crippen LogP contribution in [-0.2, 0) is 4.74 Å². The van der Waals surface area contributed by atoms with Gasteiger partial charge in [-0.25, -0.2) is 4.79 Å². The van der Waals surface area contributed by atoms with Gasteiger partial charge in [0.05, 0.1) is 18.8 Å². The fourth-order valence-electron chi connectivity index (χ4n) is 2.78. The van der Waals surface area contributed by atoms with Crippen LogP contribution < -0.4 is 4.74 Å². The molecule has 0 aliphatic heterocycles. The molecular formula is C21H34O3. The summed E-state index contributed by atoms with van der Waals surface area (Å²) in [6.45, 7) is 9.61. The molecule has 0 spiro atoms. The van der Waals surface area contributed by atoms with Crippen LogP contribution in [0.5, 0.6) is 5.75 Å². The van der Waals surface area contributed by atoms with Gasteiger partial charge in [-0.3, -0.25) is 0 Å². The predicted molar refractivity (Wildman–Crippen MR) is 100.0 cm³/mol. The molecule has 0 heterocycles. The van der Waals surface area contributed by atoms with Gasteiger partial charge in [-0.05, 0) is 49.9 Å². The van der Waals surface area contributed by atoms with Crippen molar-refractivity contribution in [1.29, 1.82) is 0 Å². The van der Waals surface area contributed by atoms with E-state index in [-0.39, 0.29) is 5.97 Å². The minimum atomic E-state index is -0.229. The number of esters is 1. The van der Waals surface area contributed by atoms with Gasteiger partial charge >= 0.3 is 5.97 Å². The monoisotopic (exact) mass is 334 g/mol. The van der Waals surface area contributed by atoms with Gasteiger partial charge in [0.1, 0.15) is 5.75 Å². The summed E-state index contributed by atoms with van der Waals surface area (Å²) in [6, 6.07) is 3.76. The Labute approximate surface area is 147 Å². The molecule has 0 fully saturated rings. The van der Waals surface area contributed by atoms with E-state index in [1.165, 1.54) is 32.1 Å². The lowest BCUT2D eigenvalue weighted by Gasteiger charge is -2.14. The first kappa shape index (κ1) is 20.5. The summed E-state index contributed by atoms with van der Waals surface area (Å²) in [5.41, 5.74) is 2.63. The quantitative estimate of drug-likeness (QED) is 0.347. The number of hydrogen-bond donors (Lipinski definition) is 0. The molecule has 0 aromatic heterocycles. The van der Waals surface area contributed by atoms with Crippen LogP contribution in [0.2, 0.25) is 0 Å². The Hall–Kier alpha value is -1.51. The molecule has 3 heteroatoms. The van der Waals surface area contributed by atoms with Crippen molar-refractivity contribution in [3.63, 3.8) is 0 Å². The predicted octanol–water partition coefficient (Wildman–Crippen LogP) is 6.00. The summed E-state index contributed by atoms with van der Waals surface area (Å²) in [5, 5.41) is 0. The maximum Gasteiger partial charge on any atom is 0.338 e. The van der Waals surface area contributed by atoms with E-state index in [4.69, 9.17) is 9.47 Å². The molecule has 0 aliphatic carbocycles. The molecule has 0 bridgehead atoms. The van der Waals surface area contributed by atoms with Gasteiger partial charge in [-0.1, -0.05) is 52.4 Å². The standard InChI is InChI=1S/C21H34O3/c1-5-7-9-11-13-23-20-17(3)15-19(16-18(20)4)21(22)24-14-12-10-8-6-2/h15-16H,5-14H2,1-4H3. The highest BCUT2D eigenvalue weighted by Gasteiger charge is 2.12. The van der Waals surface area contributed by atoms with Crippen molar-refractivity contribution in [3.05, 3.63) is 28.8 Å². The van der Waals surface area contributed by atoms with Crippen molar-refractivity contribution in [1.82, 2.24) is 0 Å². The topological polar surface area (TPSA) is 35.5 Å². The van der Waals surface area contributed by atoms with Gasteiger partial charge in [0.15, 0.2) is 0 Å². The van der Waals surface area contributed by atoms with Gasteiger partial charge in [0.25, 0.3) is 0 Å². The van der Waals surface area contributed by atoms with Crippen LogP contribution in [0.25, 0.3) is 0 Å². The molecule has 1 aromatic rings. The van der Waals surface area contributed by atoms with E-state index < -0.39 is 0 Å². The maximum absolute atomic E-state index is 12.2. The Kier molecular flexibility index (Phi) is 10.2. The highest BCUT2D eigenvalue weighted by atomic mass is 16.5. The molecule has 0 unspecified atom stereocenters. The largest absolute Gasteiger partial charge is 0.493 e. The number of carbonyl (C=O) groups excluding carboxylic acids is 1. The van der Waals surface area contributed by atoms with E-state index >= 15 is 0 Å². The van der Waals surface area contributed by atoms with Crippen molar-refractivity contribution in [3.8, 4) is 5.75 Å². The van der Waals surface area contributed by atoms with Gasteiger partial charge in [0.2, 0.25) is 0 Å². The molecule has 0 amide bonds. The van der Waals surface area contributed by atoms with Crippen molar-refractivity contribution >= 4 is 5.97 Å². The van der Waals surface area contributed by atoms with Gasteiger partial charge in [-0.15, -0.1) is 0 Å². The second-order valence-electron chi connectivity index (χ2n) is 6.54. The molecule has 0 atom stereocenters. The average Bonchev–Trinajstić information content (AvgIpc) is 2.56. The van der Waals surface area contributed by atoms with Crippen LogP contribution >= 0.6 is 0 Å². The van der Waals surface area contributed by atoms with Crippen molar-refractivity contribution in [2.24, 2.45) is 0 Å². The van der Waals surface area contributed by atoms with Gasteiger partial charge in [-0.2, -0.15) is 0 Å². The molecule has 1 rings (SSSR count). The summed E-state index contributed by atoms with van der Waals surface area (Å²) < 4.78 is 11.3. The number of unbranched alkanes of at least 4 members (excludes halogenated alkanes) is 6. The zero-order valence-corrected chi connectivity index (χ0v) is 16.0. The molecule has 0 aliphatic rings. The SMILES string of the molecule is CCCCCCOC(=O)c1cc(C)c(OCCCCCC)c(C)c1. The van der Waals surface area contributed by atoms with E-state index in [0.29, 0.717) is 12.2 Å². The molecule has 0 N–H and O–H groups in total. The first-order valence-corrected chi connectivity index (χ1v) is 9.51. The normalized spacial score (nSPS) is 10.7. The molecule has 1 aromatic carbocycles. The lowest BCUT2D eigenvalue weighted by Crippen LogP contribution is -2.08. The first-order chi connectivity index (χ1) is 11.6. The van der Waals surface area contributed by atoms with Crippen LogP contribution in [0.4, 0.5) is 0 Å². The Bertz CT molecular complexity index is 471. The smallest absolute Gasteiger partial charge is 0.338 e. The van der Waals surface area contributed by atoms with Crippen LogP contribution in [0.1, 0.15) is 86.7 Å². The molecule has 0 saturated carbocycles. The highest BCUT2D eigenvalue weighted by Crippen LogP contribution is 2.25. The molecule has 0 saturated heterocycles. The number of ether oxygens (including phenoxy) is 2. The third kappa shape index (κ3) is 7.37. The fourth-order valence-corrected chi connectivity index (χ4v) is 2.78. The number of aryl methyl sites for hydroxylation is 2. The minimum absolute atomic E-state index is 0.229. The number of hydrogen-bond acceptors (Lipinski definition) is 3. The summed E-state index contributed by atoms with van der Waals surface area (Å²) in [7, 11) is 0. The Morgan fingerprint density at radius 1 is 0.833 bits per heavy atom. The Balaban J connectivity index is 2.51. The lowest BCUT2D eigenvalue weighted by molar-refractivity contribution is 0.0497. The summed E-state index contributed by atoms with van der Waals surface area (Å²) >= 11 is 0. The van der Waals surface area contributed by atoms with Crippen LogP contribution in [0.3, 0.4) is 0 Å². The summed E-state index contributed by atoms with van der Waals surface area (Å²) in [6.07, 6.45) is 9.21. The zero-order valence-electron chi connectivity index (χ0n) is 16.0. The van der Waals surface area contributed by atoms with E-state index in [0.717, 1.165) is 42.7 Å². The number of benzene rings is 1. The van der Waals surface area contributed by atoms with E-state index in [1.54, 1.807) is 0 Å². The summed E-state index contributed by atoms with van der Waals surface area (Å²) in [5.74, 6) is 0.679. The second kappa shape index (κ2) is 11.9. The third-order valence-corrected chi connectivity index (χ3v) is 4.17. The molecular weight excluding hydrogens is 300 g/mol. The summed E-state index contributed by atoms with van der Waals surface area (Å²) in [4.78, 5) is 12.2. The average molecular weight is 335 g/mol. The van der Waals surface area contributed by atoms with Crippen LogP contribution in [0.15, 0.2) is 12.1 Å². The van der Waals surface area contributed by atoms with E-state index in [2.05, 4.69) is 13.8 Å². The van der Waals surface area contributed by atoms with E-state index in [9.17, 15) is 4.79 Å². The Morgan fingerprint density at radius 3 is 1.92 bits per heavy atom. The first-order valence-electron chi connectivity index (χ1n) is 9.51. The number of rotatable bonds is 12. The van der Waals surface area contributed by atoms with Crippen molar-refractivity contribution in [2.75, 3.05) is 13.2 Å². The van der Waals surface area contributed by atoms with E-state index in [1.807, 2.05) is 26.0 Å². The van der Waals surface area contributed by atoms with Crippen LogP contribution in [-0.4, -0.2) is 19.2 Å². The molecule has 0 radical (unpaired) electrons. The maximum atomic E-state index is 12.2. The molecule has 24 heavy (non-hydrogen) atoms. The van der Waals surface area contributed by atoms with Gasteiger partial charge in [0, 0.05) is 0 Å². The number of carbonyl (C=O) groups is 1. The minimum Gasteiger partial charge on any atom is -0.493 e. The van der Waals surface area contributed by atoms with Gasteiger partial charge < -0.3 is 9.47 Å². The second-order valence-corrected chi connectivity index (χ2v) is 6.54. The highest BCUT2D eigenvalue weighted by molar-refractivity contribution is 5.90. The van der Waals surface area contributed by atoms with Crippen molar-refractivity contribution in [2.45, 2.75) is 79.1 Å². The molecule has 3 nitrogen and oxygen atoms in total. The van der Waals surface area contributed by atoms with Crippen LogP contribution in [0, 0.1) is 13.8 Å². The lowest BCUT2D eigenvalue weighted by atomic mass is 10.1. The fraction of sp³-hybridized carbons (Fsp3) is 0.667. The molecule has 136 valence electrons. The zero-order chi connectivity index (χ0) is 17.8. The van der Waals surface area contributed by atoms with Crippen molar-refractivity contribution < 1.29 is 14.3 Å².